The number of thiophene rings is 1. The number of hydrogen-bond donors (Lipinski definition) is 2. The molecule has 84 valence electrons. The molecule has 0 amide bonds. The van der Waals surface area contributed by atoms with Gasteiger partial charge in [-0.1, -0.05) is 6.07 Å². The number of H-pyrrole nitrogens is 1. The van der Waals surface area contributed by atoms with Gasteiger partial charge in [-0.25, -0.2) is 4.79 Å². The second-order valence-corrected chi connectivity index (χ2v) is 4.53. The van der Waals surface area contributed by atoms with Crippen LogP contribution in [0.3, 0.4) is 0 Å². The molecule has 17 heavy (non-hydrogen) atoms. The molecule has 0 bridgehead atoms. The lowest BCUT2D eigenvalue weighted by molar-refractivity contribution is 0.0691. The molecule has 0 atom stereocenters. The average Bonchev–Trinajstić information content (AvgIpc) is 2.89. The predicted octanol–water partition coefficient (Wildman–Crippen LogP) is 2.99. The van der Waals surface area contributed by atoms with Crippen LogP contribution < -0.4 is 0 Å². The van der Waals surface area contributed by atoms with Gasteiger partial charge in [0.1, 0.15) is 5.69 Å². The zero-order valence-electron chi connectivity index (χ0n) is 8.68. The van der Waals surface area contributed by atoms with Gasteiger partial charge in [-0.15, -0.1) is 11.3 Å². The second-order valence-electron chi connectivity index (χ2n) is 3.62. The molecule has 0 unspecified atom stereocenters. The van der Waals surface area contributed by atoms with Gasteiger partial charge in [0.15, 0.2) is 0 Å². The van der Waals surface area contributed by atoms with Gasteiger partial charge in [-0.05, 0) is 12.1 Å². The topological polar surface area (TPSA) is 66.0 Å². The van der Waals surface area contributed by atoms with Crippen LogP contribution in [0.25, 0.3) is 21.3 Å². The molecule has 3 aromatic rings. The third-order valence-corrected chi connectivity index (χ3v) is 3.49. The molecule has 0 spiro atoms. The highest BCUT2D eigenvalue weighted by atomic mass is 32.1. The first-order chi connectivity index (χ1) is 8.25. The molecule has 0 saturated carbocycles. The third-order valence-electron chi connectivity index (χ3n) is 2.56. The Kier molecular flexibility index (Phi) is 2.19. The standard InChI is InChI=1S/C12H8N2O2S/c15-12(16)9-4-10-11(14-9)8(6-17-10)7-2-1-3-13-5-7/h1-6,14H,(H,15,16). The molecule has 0 aliphatic heterocycles. The van der Waals surface area contributed by atoms with E-state index in [1.165, 1.54) is 11.3 Å². The van der Waals surface area contributed by atoms with Crippen LogP contribution in [0.4, 0.5) is 0 Å². The number of fused-ring (bicyclic) bond motifs is 1. The van der Waals surface area contributed by atoms with Crippen LogP contribution in [0.1, 0.15) is 10.5 Å². The van der Waals surface area contributed by atoms with Crippen LogP contribution in [-0.2, 0) is 0 Å². The van der Waals surface area contributed by atoms with Crippen molar-refractivity contribution in [1.82, 2.24) is 9.97 Å². The minimum Gasteiger partial charge on any atom is -0.477 e. The van der Waals surface area contributed by atoms with Crippen LogP contribution in [0, 0.1) is 0 Å². The van der Waals surface area contributed by atoms with Gasteiger partial charge in [-0.2, -0.15) is 0 Å². The first kappa shape index (κ1) is 10.0. The molecule has 2 N–H and O–H groups in total. The molecular formula is C12H8N2O2S. The van der Waals surface area contributed by atoms with Gasteiger partial charge < -0.3 is 10.1 Å². The van der Waals surface area contributed by atoms with Crippen molar-refractivity contribution >= 4 is 27.5 Å². The van der Waals surface area contributed by atoms with Crippen LogP contribution >= 0.6 is 11.3 Å². The van der Waals surface area contributed by atoms with Crippen molar-refractivity contribution in [3.8, 4) is 11.1 Å². The molecule has 0 aliphatic carbocycles. The number of aromatic amines is 1. The van der Waals surface area contributed by atoms with Crippen molar-refractivity contribution in [3.63, 3.8) is 0 Å². The van der Waals surface area contributed by atoms with Crippen molar-refractivity contribution in [2.75, 3.05) is 0 Å². The van der Waals surface area contributed by atoms with E-state index in [2.05, 4.69) is 9.97 Å². The zero-order valence-corrected chi connectivity index (χ0v) is 9.49. The molecule has 3 rings (SSSR count). The maximum absolute atomic E-state index is 10.9. The van der Waals surface area contributed by atoms with Crippen molar-refractivity contribution in [2.24, 2.45) is 0 Å². The lowest BCUT2D eigenvalue weighted by Gasteiger charge is -1.96. The summed E-state index contributed by atoms with van der Waals surface area (Å²) in [6.45, 7) is 0. The number of hydrogen-bond acceptors (Lipinski definition) is 3. The summed E-state index contributed by atoms with van der Waals surface area (Å²) in [6.07, 6.45) is 3.48. The fourth-order valence-corrected chi connectivity index (χ4v) is 2.72. The third kappa shape index (κ3) is 1.60. The van der Waals surface area contributed by atoms with E-state index in [9.17, 15) is 4.79 Å². The Labute approximate surface area is 101 Å². The molecule has 5 heteroatoms. The summed E-state index contributed by atoms with van der Waals surface area (Å²) in [4.78, 5) is 17.9. The van der Waals surface area contributed by atoms with E-state index in [0.717, 1.165) is 21.3 Å². The average molecular weight is 244 g/mol. The number of carboxylic acid groups (broad SMARTS) is 1. The highest BCUT2D eigenvalue weighted by Gasteiger charge is 2.13. The van der Waals surface area contributed by atoms with Crippen molar-refractivity contribution in [3.05, 3.63) is 41.7 Å². The Morgan fingerprint density at radius 3 is 3.06 bits per heavy atom. The maximum atomic E-state index is 10.9. The number of aromatic nitrogens is 2. The number of pyridine rings is 1. The van der Waals surface area contributed by atoms with E-state index >= 15 is 0 Å². The highest BCUT2D eigenvalue weighted by Crippen LogP contribution is 2.33. The fraction of sp³-hybridized carbons (Fsp3) is 0. The molecule has 0 saturated heterocycles. The van der Waals surface area contributed by atoms with Gasteiger partial charge in [0.25, 0.3) is 0 Å². The molecule has 0 fully saturated rings. The summed E-state index contributed by atoms with van der Waals surface area (Å²) >= 11 is 1.52. The van der Waals surface area contributed by atoms with Gasteiger partial charge >= 0.3 is 5.97 Å². The van der Waals surface area contributed by atoms with E-state index in [1.54, 1.807) is 18.5 Å². The SMILES string of the molecule is O=C(O)c1cc2scc(-c3cccnc3)c2[nH]1. The van der Waals surface area contributed by atoms with Crippen LogP contribution in [0.2, 0.25) is 0 Å². The highest BCUT2D eigenvalue weighted by molar-refractivity contribution is 7.17. The minimum atomic E-state index is -0.939. The normalized spacial score (nSPS) is 10.8. The molecule has 3 heterocycles. The van der Waals surface area contributed by atoms with E-state index in [1.807, 2.05) is 17.5 Å². The van der Waals surface area contributed by atoms with E-state index in [4.69, 9.17) is 5.11 Å². The Bertz CT molecular complexity index is 685. The van der Waals surface area contributed by atoms with Gasteiger partial charge in [0.05, 0.1) is 10.2 Å². The largest absolute Gasteiger partial charge is 0.477 e. The molecule has 4 nitrogen and oxygen atoms in total. The van der Waals surface area contributed by atoms with E-state index in [-0.39, 0.29) is 5.69 Å². The van der Waals surface area contributed by atoms with Crippen LogP contribution in [-0.4, -0.2) is 21.0 Å². The first-order valence-corrected chi connectivity index (χ1v) is 5.87. The predicted molar refractivity (Wildman–Crippen MR) is 66.4 cm³/mol. The quantitative estimate of drug-likeness (QED) is 0.728. The number of nitrogens with zero attached hydrogens (tertiary/aromatic N) is 1. The number of nitrogens with one attached hydrogen (secondary N) is 1. The maximum Gasteiger partial charge on any atom is 0.352 e. The van der Waals surface area contributed by atoms with Crippen LogP contribution in [0.15, 0.2) is 36.0 Å². The van der Waals surface area contributed by atoms with Crippen molar-refractivity contribution in [1.29, 1.82) is 0 Å². The summed E-state index contributed by atoms with van der Waals surface area (Å²) in [7, 11) is 0. The summed E-state index contributed by atoms with van der Waals surface area (Å²) in [5, 5.41) is 10.9. The Balaban J connectivity index is 2.21. The molecule has 0 radical (unpaired) electrons. The Morgan fingerprint density at radius 2 is 2.35 bits per heavy atom. The molecule has 3 aromatic heterocycles. The van der Waals surface area contributed by atoms with Gasteiger partial charge in [0, 0.05) is 28.9 Å². The number of aromatic carboxylic acids is 1. The second kappa shape index (κ2) is 3.71. The summed E-state index contributed by atoms with van der Waals surface area (Å²) < 4.78 is 0.946. The van der Waals surface area contributed by atoms with Gasteiger partial charge in [-0.3, -0.25) is 4.98 Å². The minimum absolute atomic E-state index is 0.219. The number of carboxylic acids is 1. The molecule has 0 aromatic carbocycles. The van der Waals surface area contributed by atoms with Crippen molar-refractivity contribution < 1.29 is 9.90 Å². The summed E-state index contributed by atoms with van der Waals surface area (Å²) in [6, 6.07) is 5.47. The van der Waals surface area contributed by atoms with E-state index in [0.29, 0.717) is 0 Å². The zero-order chi connectivity index (χ0) is 11.8. The molecular weight excluding hydrogens is 236 g/mol. The first-order valence-electron chi connectivity index (χ1n) is 4.99. The lowest BCUT2D eigenvalue weighted by Crippen LogP contribution is -1.95. The summed E-state index contributed by atoms with van der Waals surface area (Å²) in [5.41, 5.74) is 3.06. The Morgan fingerprint density at radius 1 is 1.47 bits per heavy atom. The van der Waals surface area contributed by atoms with Crippen molar-refractivity contribution in [2.45, 2.75) is 0 Å². The number of carbonyl (C=O) groups is 1. The summed E-state index contributed by atoms with van der Waals surface area (Å²) in [5.74, 6) is -0.939. The van der Waals surface area contributed by atoms with E-state index < -0.39 is 5.97 Å². The Hall–Kier alpha value is -2.14. The van der Waals surface area contributed by atoms with Crippen LogP contribution in [0.5, 0.6) is 0 Å². The smallest absolute Gasteiger partial charge is 0.352 e. The fourth-order valence-electron chi connectivity index (χ4n) is 1.76. The van der Waals surface area contributed by atoms with Gasteiger partial charge in [0.2, 0.25) is 0 Å². The number of rotatable bonds is 2. The molecule has 0 aliphatic rings. The monoisotopic (exact) mass is 244 g/mol. The lowest BCUT2D eigenvalue weighted by atomic mass is 10.1.